The number of fused-ring (bicyclic) bond motifs is 1. The van der Waals surface area contributed by atoms with Gasteiger partial charge in [0.15, 0.2) is 6.61 Å². The average Bonchev–Trinajstić information content (AvgIpc) is 3.15. The third-order valence-corrected chi connectivity index (χ3v) is 4.65. The molecule has 0 spiro atoms. The van der Waals surface area contributed by atoms with Crippen molar-refractivity contribution in [3.63, 3.8) is 0 Å². The van der Waals surface area contributed by atoms with Gasteiger partial charge in [-0.05, 0) is 48.5 Å². The molecule has 0 aliphatic carbocycles. The van der Waals surface area contributed by atoms with Crippen LogP contribution in [0.15, 0.2) is 71.3 Å². The summed E-state index contributed by atoms with van der Waals surface area (Å²) < 4.78 is 10.9. The van der Waals surface area contributed by atoms with Crippen molar-refractivity contribution in [3.05, 3.63) is 83.2 Å². The Morgan fingerprint density at radius 3 is 2.73 bits per heavy atom. The number of anilines is 1. The van der Waals surface area contributed by atoms with Crippen molar-refractivity contribution in [2.45, 2.75) is 6.61 Å². The lowest BCUT2D eigenvalue weighted by Crippen LogP contribution is -2.16. The third-order valence-electron chi connectivity index (χ3n) is 4.34. The van der Waals surface area contributed by atoms with Gasteiger partial charge in [0, 0.05) is 17.1 Å². The zero-order valence-electron chi connectivity index (χ0n) is 15.5. The minimum atomic E-state index is -1.25. The van der Waals surface area contributed by atoms with E-state index in [1.165, 1.54) is 18.2 Å². The van der Waals surface area contributed by atoms with Crippen LogP contribution in [-0.4, -0.2) is 22.2 Å². The minimum absolute atomic E-state index is 0.0151. The minimum Gasteiger partial charge on any atom is -0.478 e. The summed E-state index contributed by atoms with van der Waals surface area (Å²) in [6.07, 6.45) is 0.900. The summed E-state index contributed by atoms with van der Waals surface area (Å²) >= 11 is 5.89. The number of amides is 1. The molecule has 2 N–H and O–H groups in total. The molecule has 0 aliphatic heterocycles. The fourth-order valence-electron chi connectivity index (χ4n) is 2.99. The number of carboxylic acids is 1. The highest BCUT2D eigenvalue weighted by Crippen LogP contribution is 2.27. The molecule has 4 rings (SSSR count). The van der Waals surface area contributed by atoms with Crippen molar-refractivity contribution in [2.75, 3.05) is 5.32 Å². The van der Waals surface area contributed by atoms with E-state index in [0.717, 1.165) is 16.6 Å². The van der Waals surface area contributed by atoms with E-state index in [9.17, 15) is 14.7 Å². The molecule has 0 aliphatic rings. The first-order valence-corrected chi connectivity index (χ1v) is 9.28. The molecule has 2 heterocycles. The Morgan fingerprint density at radius 2 is 1.97 bits per heavy atom. The summed E-state index contributed by atoms with van der Waals surface area (Å²) in [6, 6.07) is 17.5. The van der Waals surface area contributed by atoms with Crippen molar-refractivity contribution in [1.29, 1.82) is 0 Å². The van der Waals surface area contributed by atoms with Crippen LogP contribution < -0.4 is 5.32 Å². The van der Waals surface area contributed by atoms with Crippen LogP contribution in [0.5, 0.6) is 0 Å². The van der Waals surface area contributed by atoms with Crippen molar-refractivity contribution >= 4 is 40.3 Å². The first-order chi connectivity index (χ1) is 14.5. The molecule has 7 nitrogen and oxygen atoms in total. The van der Waals surface area contributed by atoms with Crippen LogP contribution in [-0.2, 0) is 11.3 Å². The van der Waals surface area contributed by atoms with Crippen molar-refractivity contribution < 1.29 is 23.8 Å². The van der Waals surface area contributed by atoms with E-state index in [0.29, 0.717) is 11.3 Å². The van der Waals surface area contributed by atoms with E-state index in [1.54, 1.807) is 12.3 Å². The lowest BCUT2D eigenvalue weighted by molar-refractivity contribution is 0.0698. The first-order valence-electron chi connectivity index (χ1n) is 8.91. The number of ether oxygens (including phenoxy) is 1. The van der Waals surface area contributed by atoms with E-state index in [1.807, 2.05) is 36.4 Å². The van der Waals surface area contributed by atoms with E-state index in [-0.39, 0.29) is 22.9 Å². The van der Waals surface area contributed by atoms with Gasteiger partial charge in [-0.15, -0.1) is 0 Å². The van der Waals surface area contributed by atoms with Gasteiger partial charge in [-0.2, -0.15) is 0 Å². The Labute approximate surface area is 175 Å². The number of aromatic carboxylic acids is 1. The highest BCUT2D eigenvalue weighted by Gasteiger charge is 2.17. The molecule has 0 atom stereocenters. The molecule has 0 radical (unpaired) electrons. The predicted octanol–water partition coefficient (Wildman–Crippen LogP) is 5.60. The molecule has 150 valence electrons. The van der Waals surface area contributed by atoms with Gasteiger partial charge in [-0.1, -0.05) is 23.7 Å². The Hall–Kier alpha value is -3.84. The highest BCUT2D eigenvalue weighted by molar-refractivity contribution is 6.34. The lowest BCUT2D eigenvalue weighted by Gasteiger charge is -2.09. The molecule has 2 aromatic heterocycles. The average molecular weight is 423 g/mol. The molecule has 0 saturated heterocycles. The maximum absolute atomic E-state index is 12.1. The number of aromatic nitrogens is 1. The van der Waals surface area contributed by atoms with Crippen LogP contribution in [0.4, 0.5) is 10.5 Å². The summed E-state index contributed by atoms with van der Waals surface area (Å²) in [6.45, 7) is -0.123. The van der Waals surface area contributed by atoms with Crippen molar-refractivity contribution in [2.24, 2.45) is 0 Å². The second-order valence-electron chi connectivity index (χ2n) is 6.35. The van der Waals surface area contributed by atoms with E-state index >= 15 is 0 Å². The molecule has 0 unspecified atom stereocenters. The van der Waals surface area contributed by atoms with E-state index in [4.69, 9.17) is 20.8 Å². The summed E-state index contributed by atoms with van der Waals surface area (Å²) in [4.78, 5) is 27.8. The fourth-order valence-corrected chi connectivity index (χ4v) is 3.25. The topological polar surface area (TPSA) is 102 Å². The Bertz CT molecular complexity index is 1240. The molecular formula is C22H15ClN2O5. The first kappa shape index (κ1) is 19.5. The van der Waals surface area contributed by atoms with Gasteiger partial charge in [-0.25, -0.2) is 9.59 Å². The smallest absolute Gasteiger partial charge is 0.412 e. The molecule has 0 bridgehead atoms. The zero-order chi connectivity index (χ0) is 21.1. The lowest BCUT2D eigenvalue weighted by atomic mass is 10.1. The molecule has 0 fully saturated rings. The van der Waals surface area contributed by atoms with Gasteiger partial charge in [0.25, 0.3) is 0 Å². The number of rotatable bonds is 5. The summed E-state index contributed by atoms with van der Waals surface area (Å²) in [5.41, 5.74) is 2.27. The van der Waals surface area contributed by atoms with Crippen LogP contribution >= 0.6 is 11.6 Å². The predicted molar refractivity (Wildman–Crippen MR) is 112 cm³/mol. The van der Waals surface area contributed by atoms with Gasteiger partial charge in [0.1, 0.15) is 16.9 Å². The Morgan fingerprint density at radius 1 is 1.10 bits per heavy atom. The van der Waals surface area contributed by atoms with Gasteiger partial charge in [0.2, 0.25) is 0 Å². The number of hydrogen-bond donors (Lipinski definition) is 2. The number of furan rings is 1. The van der Waals surface area contributed by atoms with Crippen LogP contribution in [0, 0.1) is 0 Å². The van der Waals surface area contributed by atoms with Crippen LogP contribution in [0.1, 0.15) is 16.1 Å². The quantitative estimate of drug-likeness (QED) is 0.434. The molecule has 1 amide bonds. The number of carbonyl (C=O) groups excluding carboxylic acids is 1. The monoisotopic (exact) mass is 422 g/mol. The number of nitrogens with one attached hydrogen (secondary N) is 1. The van der Waals surface area contributed by atoms with E-state index in [2.05, 4.69) is 10.3 Å². The van der Waals surface area contributed by atoms with Gasteiger partial charge in [0.05, 0.1) is 16.4 Å². The number of hydrogen-bond acceptors (Lipinski definition) is 5. The number of halogens is 1. The fraction of sp³-hybridized carbons (Fsp3) is 0.0455. The molecule has 30 heavy (non-hydrogen) atoms. The number of carbonyl (C=O) groups is 2. The Kier molecular flexibility index (Phi) is 5.36. The van der Waals surface area contributed by atoms with Gasteiger partial charge >= 0.3 is 12.1 Å². The molecule has 8 heteroatoms. The van der Waals surface area contributed by atoms with Gasteiger partial charge in [-0.3, -0.25) is 10.3 Å². The number of benzene rings is 2. The second-order valence-corrected chi connectivity index (χ2v) is 6.76. The van der Waals surface area contributed by atoms with Crippen LogP contribution in [0.3, 0.4) is 0 Å². The standard InChI is InChI=1S/C22H15ClN2O5/c23-16-4-3-6-18(20(16)21(26)27)25-22(28)29-12-15-11-14-10-13(7-8-19(14)30-15)17-5-1-2-9-24-17/h1-11H,12H2,(H,25,28)(H,26,27). The SMILES string of the molecule is O=C(Nc1cccc(Cl)c1C(=O)O)OCc1cc2cc(-c3ccccn3)ccc2o1. The number of carboxylic acid groups (broad SMARTS) is 1. The summed E-state index contributed by atoms with van der Waals surface area (Å²) in [7, 11) is 0. The van der Waals surface area contributed by atoms with E-state index < -0.39 is 12.1 Å². The molecule has 0 saturated carbocycles. The Balaban J connectivity index is 1.46. The largest absolute Gasteiger partial charge is 0.478 e. The number of pyridine rings is 1. The summed E-state index contributed by atoms with van der Waals surface area (Å²) in [5, 5.41) is 12.5. The van der Waals surface area contributed by atoms with Crippen molar-refractivity contribution in [1.82, 2.24) is 4.98 Å². The van der Waals surface area contributed by atoms with Gasteiger partial charge < -0.3 is 14.3 Å². The maximum Gasteiger partial charge on any atom is 0.412 e. The normalized spacial score (nSPS) is 10.7. The second kappa shape index (κ2) is 8.26. The number of nitrogens with zero attached hydrogens (tertiary/aromatic N) is 1. The van der Waals surface area contributed by atoms with Crippen LogP contribution in [0.25, 0.3) is 22.2 Å². The van der Waals surface area contributed by atoms with Crippen LogP contribution in [0.2, 0.25) is 5.02 Å². The molecule has 2 aromatic carbocycles. The summed E-state index contributed by atoms with van der Waals surface area (Å²) in [5.74, 6) is -0.806. The zero-order valence-corrected chi connectivity index (χ0v) is 16.2. The maximum atomic E-state index is 12.1. The molecular weight excluding hydrogens is 408 g/mol. The van der Waals surface area contributed by atoms with Crippen molar-refractivity contribution in [3.8, 4) is 11.3 Å². The highest BCUT2D eigenvalue weighted by atomic mass is 35.5. The third kappa shape index (κ3) is 4.11. The molecule has 4 aromatic rings.